The third-order valence-corrected chi connectivity index (χ3v) is 5.37. The van der Waals surface area contributed by atoms with Crippen molar-refractivity contribution in [1.29, 1.82) is 0 Å². The highest BCUT2D eigenvalue weighted by Gasteiger charge is 2.35. The SMILES string of the molecule is CCN(C(=O)c1cc2n(n1)CCN(Cc1ccccc1)C2)[C@@H]1COC[C@H]1O. The molecule has 0 bridgehead atoms. The van der Waals surface area contributed by atoms with Gasteiger partial charge in [-0.2, -0.15) is 5.10 Å². The van der Waals surface area contributed by atoms with Crippen molar-refractivity contribution < 1.29 is 14.6 Å². The van der Waals surface area contributed by atoms with Gasteiger partial charge in [-0.25, -0.2) is 0 Å². The predicted molar refractivity (Wildman–Crippen MR) is 100 cm³/mol. The Balaban J connectivity index is 1.47. The quantitative estimate of drug-likeness (QED) is 0.854. The largest absolute Gasteiger partial charge is 0.388 e. The number of aliphatic hydroxyl groups excluding tert-OH is 1. The van der Waals surface area contributed by atoms with Crippen LogP contribution in [0.5, 0.6) is 0 Å². The van der Waals surface area contributed by atoms with Crippen LogP contribution in [0.1, 0.15) is 28.7 Å². The second-order valence-corrected chi connectivity index (χ2v) is 7.20. The van der Waals surface area contributed by atoms with E-state index in [0.717, 1.165) is 31.9 Å². The second-order valence-electron chi connectivity index (χ2n) is 7.20. The van der Waals surface area contributed by atoms with E-state index in [1.165, 1.54) is 5.56 Å². The molecule has 2 aromatic rings. The lowest BCUT2D eigenvalue weighted by Gasteiger charge is -2.28. The molecule has 4 rings (SSSR count). The molecule has 0 unspecified atom stereocenters. The zero-order valence-electron chi connectivity index (χ0n) is 15.6. The Morgan fingerprint density at radius 3 is 2.81 bits per heavy atom. The van der Waals surface area contributed by atoms with Crippen LogP contribution in [-0.4, -0.2) is 69.0 Å². The molecule has 3 heterocycles. The number of rotatable bonds is 5. The van der Waals surface area contributed by atoms with E-state index in [0.29, 0.717) is 18.8 Å². The first-order valence-corrected chi connectivity index (χ1v) is 9.55. The molecule has 2 atom stereocenters. The molecule has 1 fully saturated rings. The van der Waals surface area contributed by atoms with E-state index in [4.69, 9.17) is 4.74 Å². The molecule has 0 aliphatic carbocycles. The molecule has 7 nitrogen and oxygen atoms in total. The first kappa shape index (κ1) is 18.2. The molecule has 7 heteroatoms. The van der Waals surface area contributed by atoms with E-state index in [2.05, 4.69) is 34.3 Å². The number of hydrogen-bond donors (Lipinski definition) is 1. The minimum atomic E-state index is -0.632. The van der Waals surface area contributed by atoms with Crippen LogP contribution < -0.4 is 0 Å². The van der Waals surface area contributed by atoms with E-state index >= 15 is 0 Å². The molecule has 1 N–H and O–H groups in total. The highest BCUT2D eigenvalue weighted by Crippen LogP contribution is 2.20. The molecule has 1 saturated heterocycles. The Morgan fingerprint density at radius 2 is 2.11 bits per heavy atom. The lowest BCUT2D eigenvalue weighted by molar-refractivity contribution is 0.0514. The molecule has 1 aromatic heterocycles. The van der Waals surface area contributed by atoms with E-state index < -0.39 is 6.10 Å². The summed E-state index contributed by atoms with van der Waals surface area (Å²) in [5.41, 5.74) is 2.79. The minimum absolute atomic E-state index is 0.136. The predicted octanol–water partition coefficient (Wildman–Crippen LogP) is 1.12. The van der Waals surface area contributed by atoms with Crippen molar-refractivity contribution in [2.75, 3.05) is 26.3 Å². The van der Waals surface area contributed by atoms with E-state index in [-0.39, 0.29) is 18.6 Å². The number of fused-ring (bicyclic) bond motifs is 1. The van der Waals surface area contributed by atoms with Gasteiger partial charge in [0.05, 0.1) is 37.6 Å². The maximum absolute atomic E-state index is 13.0. The first-order chi connectivity index (χ1) is 13.2. The fourth-order valence-electron chi connectivity index (χ4n) is 3.91. The lowest BCUT2D eigenvalue weighted by atomic mass is 10.1. The standard InChI is InChI=1S/C20H26N4O3/c1-2-23(18-13-27-14-19(18)25)20(26)17-10-16-12-22(8-9-24(16)21-17)11-15-6-4-3-5-7-15/h3-7,10,18-19,25H,2,8-9,11-14H2,1H3/t18-,19-/m1/s1. The molecular formula is C20H26N4O3. The van der Waals surface area contributed by atoms with Crippen LogP contribution in [0.3, 0.4) is 0 Å². The fourth-order valence-corrected chi connectivity index (χ4v) is 3.91. The van der Waals surface area contributed by atoms with Crippen molar-refractivity contribution in [3.8, 4) is 0 Å². The second kappa shape index (κ2) is 7.80. The van der Waals surface area contributed by atoms with Gasteiger partial charge in [-0.15, -0.1) is 0 Å². The summed E-state index contributed by atoms with van der Waals surface area (Å²) >= 11 is 0. The van der Waals surface area contributed by atoms with Crippen LogP contribution in [0.25, 0.3) is 0 Å². The number of benzene rings is 1. The van der Waals surface area contributed by atoms with Crippen molar-refractivity contribution in [2.24, 2.45) is 0 Å². The normalized spacial score (nSPS) is 22.6. The average Bonchev–Trinajstić information content (AvgIpc) is 3.29. The highest BCUT2D eigenvalue weighted by molar-refractivity contribution is 5.92. The number of aromatic nitrogens is 2. The van der Waals surface area contributed by atoms with Gasteiger partial charge in [0, 0.05) is 26.2 Å². The number of nitrogens with zero attached hydrogens (tertiary/aromatic N) is 4. The topological polar surface area (TPSA) is 70.8 Å². The van der Waals surface area contributed by atoms with Gasteiger partial charge in [0.1, 0.15) is 0 Å². The number of carbonyl (C=O) groups is 1. The third-order valence-electron chi connectivity index (χ3n) is 5.37. The van der Waals surface area contributed by atoms with Gasteiger partial charge in [0.15, 0.2) is 5.69 Å². The van der Waals surface area contributed by atoms with Crippen molar-refractivity contribution in [2.45, 2.75) is 38.7 Å². The summed E-state index contributed by atoms with van der Waals surface area (Å²) in [5.74, 6) is -0.136. The van der Waals surface area contributed by atoms with Gasteiger partial charge in [0.2, 0.25) is 0 Å². The maximum Gasteiger partial charge on any atom is 0.274 e. The van der Waals surface area contributed by atoms with E-state index in [9.17, 15) is 9.90 Å². The number of amides is 1. The summed E-state index contributed by atoms with van der Waals surface area (Å²) in [6.07, 6.45) is -0.632. The van der Waals surface area contributed by atoms with Crippen molar-refractivity contribution in [3.05, 3.63) is 53.3 Å². The number of ether oxygens (including phenoxy) is 1. The number of hydrogen-bond acceptors (Lipinski definition) is 5. The zero-order chi connectivity index (χ0) is 18.8. The summed E-state index contributed by atoms with van der Waals surface area (Å²) in [4.78, 5) is 17.0. The molecule has 2 aliphatic rings. The summed E-state index contributed by atoms with van der Waals surface area (Å²) < 4.78 is 7.25. The molecule has 0 radical (unpaired) electrons. The molecular weight excluding hydrogens is 344 g/mol. The molecule has 0 saturated carbocycles. The van der Waals surface area contributed by atoms with Gasteiger partial charge >= 0.3 is 0 Å². The summed E-state index contributed by atoms with van der Waals surface area (Å²) in [7, 11) is 0. The van der Waals surface area contributed by atoms with Gasteiger partial charge in [-0.1, -0.05) is 30.3 Å². The summed E-state index contributed by atoms with van der Waals surface area (Å²) in [6.45, 7) is 6.44. The number of likely N-dealkylation sites (N-methyl/N-ethyl adjacent to an activating group) is 1. The number of aliphatic hydroxyl groups is 1. The van der Waals surface area contributed by atoms with Crippen molar-refractivity contribution in [3.63, 3.8) is 0 Å². The zero-order valence-corrected chi connectivity index (χ0v) is 15.6. The lowest BCUT2D eigenvalue weighted by Crippen LogP contribution is -2.46. The van der Waals surface area contributed by atoms with Gasteiger partial charge in [-0.3, -0.25) is 14.4 Å². The van der Waals surface area contributed by atoms with E-state index in [1.807, 2.05) is 23.7 Å². The Morgan fingerprint density at radius 1 is 1.30 bits per heavy atom. The maximum atomic E-state index is 13.0. The average molecular weight is 370 g/mol. The molecule has 27 heavy (non-hydrogen) atoms. The van der Waals surface area contributed by atoms with Crippen LogP contribution in [0, 0.1) is 0 Å². The van der Waals surface area contributed by atoms with Crippen LogP contribution in [0.15, 0.2) is 36.4 Å². The van der Waals surface area contributed by atoms with Gasteiger partial charge in [-0.05, 0) is 18.6 Å². The Kier molecular flexibility index (Phi) is 5.24. The smallest absolute Gasteiger partial charge is 0.274 e. The van der Waals surface area contributed by atoms with Crippen LogP contribution >= 0.6 is 0 Å². The first-order valence-electron chi connectivity index (χ1n) is 9.55. The Hall–Kier alpha value is -2.22. The molecule has 1 aromatic carbocycles. The highest BCUT2D eigenvalue weighted by atomic mass is 16.5. The molecule has 0 spiro atoms. The molecule has 1 amide bonds. The number of carbonyl (C=O) groups excluding carboxylic acids is 1. The van der Waals surface area contributed by atoms with Gasteiger partial charge < -0.3 is 14.7 Å². The Labute approximate surface area is 159 Å². The molecule has 2 aliphatic heterocycles. The van der Waals surface area contributed by atoms with E-state index in [1.54, 1.807) is 4.90 Å². The minimum Gasteiger partial charge on any atom is -0.388 e. The van der Waals surface area contributed by atoms with Crippen LogP contribution in [0.4, 0.5) is 0 Å². The summed E-state index contributed by atoms with van der Waals surface area (Å²) in [6, 6.07) is 12.0. The fraction of sp³-hybridized carbons (Fsp3) is 0.500. The Bertz CT molecular complexity index is 792. The summed E-state index contributed by atoms with van der Waals surface area (Å²) in [5, 5.41) is 14.6. The van der Waals surface area contributed by atoms with Crippen molar-refractivity contribution >= 4 is 5.91 Å². The van der Waals surface area contributed by atoms with Crippen molar-refractivity contribution in [1.82, 2.24) is 19.6 Å². The van der Waals surface area contributed by atoms with Crippen LogP contribution in [-0.2, 0) is 24.4 Å². The molecule has 144 valence electrons. The third kappa shape index (κ3) is 3.76. The van der Waals surface area contributed by atoms with Crippen LogP contribution in [0.2, 0.25) is 0 Å². The monoisotopic (exact) mass is 370 g/mol. The van der Waals surface area contributed by atoms with Gasteiger partial charge in [0.25, 0.3) is 5.91 Å².